The summed E-state index contributed by atoms with van der Waals surface area (Å²) in [5.74, 6) is 0.943. The molecule has 154 valence electrons. The van der Waals surface area contributed by atoms with Crippen molar-refractivity contribution in [2.45, 2.75) is 44.9 Å². The van der Waals surface area contributed by atoms with Crippen LogP contribution in [0.25, 0.3) is 0 Å². The lowest BCUT2D eigenvalue weighted by atomic mass is 9.91. The molecule has 2 heterocycles. The highest BCUT2D eigenvalue weighted by atomic mass is 19.1. The van der Waals surface area contributed by atoms with Crippen LogP contribution in [0.1, 0.15) is 44.1 Å². The van der Waals surface area contributed by atoms with Crippen LogP contribution in [0.2, 0.25) is 0 Å². The standard InChI is InChI=1S/C22H30F2N2O2/c23-20-12-17(13-21(24)19(20)14-22(27)26-8-1-2-9-26)28-10-5-16-11-18(16)15-3-6-25-7-4-15/h12-13,15-16,18,25H,1-11,14H2. The third-order valence-corrected chi connectivity index (χ3v) is 6.63. The number of halogens is 2. The summed E-state index contributed by atoms with van der Waals surface area (Å²) < 4.78 is 34.4. The number of benzene rings is 1. The molecule has 0 radical (unpaired) electrons. The van der Waals surface area contributed by atoms with Gasteiger partial charge in [0.1, 0.15) is 17.4 Å². The van der Waals surface area contributed by atoms with E-state index in [0.29, 0.717) is 25.6 Å². The number of hydrogen-bond acceptors (Lipinski definition) is 3. The van der Waals surface area contributed by atoms with Gasteiger partial charge in [-0.05, 0) is 69.4 Å². The number of carbonyl (C=O) groups excluding carboxylic acids is 1. The van der Waals surface area contributed by atoms with Crippen LogP contribution in [-0.4, -0.2) is 43.6 Å². The highest BCUT2D eigenvalue weighted by Crippen LogP contribution is 2.49. The summed E-state index contributed by atoms with van der Waals surface area (Å²) in [4.78, 5) is 13.9. The monoisotopic (exact) mass is 392 g/mol. The summed E-state index contributed by atoms with van der Waals surface area (Å²) in [5, 5.41) is 3.40. The van der Waals surface area contributed by atoms with Gasteiger partial charge in [-0.2, -0.15) is 0 Å². The van der Waals surface area contributed by atoms with E-state index in [1.807, 2.05) is 0 Å². The maximum Gasteiger partial charge on any atom is 0.227 e. The number of nitrogens with one attached hydrogen (secondary N) is 1. The molecule has 1 aliphatic carbocycles. The lowest BCUT2D eigenvalue weighted by Crippen LogP contribution is -2.29. The van der Waals surface area contributed by atoms with E-state index in [-0.39, 0.29) is 23.6 Å². The van der Waals surface area contributed by atoms with Crippen molar-refractivity contribution in [3.05, 3.63) is 29.3 Å². The molecule has 1 aromatic carbocycles. The molecule has 4 rings (SSSR count). The van der Waals surface area contributed by atoms with Crippen LogP contribution in [-0.2, 0) is 11.2 Å². The minimum Gasteiger partial charge on any atom is -0.493 e. The van der Waals surface area contributed by atoms with E-state index in [1.54, 1.807) is 4.90 Å². The van der Waals surface area contributed by atoms with E-state index >= 15 is 0 Å². The number of carbonyl (C=O) groups is 1. The Morgan fingerprint density at radius 2 is 1.82 bits per heavy atom. The number of ether oxygens (including phenoxy) is 1. The fourth-order valence-corrected chi connectivity index (χ4v) is 4.84. The number of rotatable bonds is 7. The predicted molar refractivity (Wildman–Crippen MR) is 103 cm³/mol. The Labute approximate surface area is 165 Å². The third-order valence-electron chi connectivity index (χ3n) is 6.63. The van der Waals surface area contributed by atoms with Gasteiger partial charge >= 0.3 is 0 Å². The van der Waals surface area contributed by atoms with Crippen LogP contribution in [0.3, 0.4) is 0 Å². The Morgan fingerprint density at radius 3 is 2.50 bits per heavy atom. The topological polar surface area (TPSA) is 41.6 Å². The highest BCUT2D eigenvalue weighted by molar-refractivity contribution is 5.79. The molecule has 1 saturated carbocycles. The van der Waals surface area contributed by atoms with Crippen molar-refractivity contribution in [3.63, 3.8) is 0 Å². The molecule has 2 aliphatic heterocycles. The second-order valence-corrected chi connectivity index (χ2v) is 8.51. The lowest BCUT2D eigenvalue weighted by molar-refractivity contribution is -0.129. The van der Waals surface area contributed by atoms with E-state index < -0.39 is 11.6 Å². The molecule has 0 spiro atoms. The molecule has 0 bridgehead atoms. The van der Waals surface area contributed by atoms with E-state index in [2.05, 4.69) is 5.32 Å². The molecule has 1 aromatic rings. The number of likely N-dealkylation sites (tertiary alicyclic amines) is 1. The van der Waals surface area contributed by atoms with E-state index in [4.69, 9.17) is 4.74 Å². The molecule has 1 amide bonds. The van der Waals surface area contributed by atoms with Crippen LogP contribution in [0, 0.1) is 29.4 Å². The zero-order valence-corrected chi connectivity index (χ0v) is 16.4. The van der Waals surface area contributed by atoms with Gasteiger partial charge in [0.15, 0.2) is 0 Å². The first kappa shape index (κ1) is 19.6. The van der Waals surface area contributed by atoms with Gasteiger partial charge in [-0.1, -0.05) is 0 Å². The predicted octanol–water partition coefficient (Wildman–Crippen LogP) is 3.53. The summed E-state index contributed by atoms with van der Waals surface area (Å²) in [7, 11) is 0. The van der Waals surface area contributed by atoms with E-state index in [1.165, 1.54) is 31.4 Å². The molecule has 6 heteroatoms. The number of hydrogen-bond donors (Lipinski definition) is 1. The van der Waals surface area contributed by atoms with Crippen molar-refractivity contribution in [2.24, 2.45) is 17.8 Å². The minimum absolute atomic E-state index is 0.155. The summed E-state index contributed by atoms with van der Waals surface area (Å²) in [6, 6.07) is 2.43. The van der Waals surface area contributed by atoms with Gasteiger partial charge in [0.05, 0.1) is 13.0 Å². The van der Waals surface area contributed by atoms with E-state index in [9.17, 15) is 13.6 Å². The van der Waals surface area contributed by atoms with Crippen molar-refractivity contribution in [3.8, 4) is 5.75 Å². The summed E-state index contributed by atoms with van der Waals surface area (Å²) in [6.45, 7) is 4.09. The Bertz CT molecular complexity index is 677. The summed E-state index contributed by atoms with van der Waals surface area (Å²) >= 11 is 0. The van der Waals surface area contributed by atoms with Crippen LogP contribution in [0.4, 0.5) is 8.78 Å². The molecule has 4 nitrogen and oxygen atoms in total. The fourth-order valence-electron chi connectivity index (χ4n) is 4.84. The van der Waals surface area contributed by atoms with Crippen molar-refractivity contribution in [1.82, 2.24) is 10.2 Å². The molecular formula is C22H30F2N2O2. The van der Waals surface area contributed by atoms with Gasteiger partial charge < -0.3 is 15.0 Å². The normalized spacial score (nSPS) is 25.1. The molecular weight excluding hydrogens is 362 g/mol. The summed E-state index contributed by atoms with van der Waals surface area (Å²) in [5.41, 5.74) is -0.155. The van der Waals surface area contributed by atoms with Crippen molar-refractivity contribution in [2.75, 3.05) is 32.8 Å². The Balaban J connectivity index is 1.25. The highest BCUT2D eigenvalue weighted by Gasteiger charge is 2.42. The minimum atomic E-state index is -0.693. The first-order chi connectivity index (χ1) is 13.6. The van der Waals surface area contributed by atoms with Gasteiger partial charge in [-0.3, -0.25) is 4.79 Å². The van der Waals surface area contributed by atoms with Crippen molar-refractivity contribution < 1.29 is 18.3 Å². The smallest absolute Gasteiger partial charge is 0.227 e. The second kappa shape index (κ2) is 8.76. The molecule has 0 aromatic heterocycles. The van der Waals surface area contributed by atoms with Crippen LogP contribution >= 0.6 is 0 Å². The van der Waals surface area contributed by atoms with Crippen LogP contribution in [0.5, 0.6) is 5.75 Å². The van der Waals surface area contributed by atoms with Gasteiger partial charge in [-0.15, -0.1) is 0 Å². The maximum atomic E-state index is 14.4. The molecule has 2 unspecified atom stereocenters. The quantitative estimate of drug-likeness (QED) is 0.772. The fraction of sp³-hybridized carbons (Fsp3) is 0.682. The van der Waals surface area contributed by atoms with Gasteiger partial charge in [0.2, 0.25) is 5.91 Å². The molecule has 2 saturated heterocycles. The van der Waals surface area contributed by atoms with Crippen LogP contribution in [0.15, 0.2) is 12.1 Å². The lowest BCUT2D eigenvalue weighted by Gasteiger charge is -2.22. The average molecular weight is 392 g/mol. The third kappa shape index (κ3) is 4.65. The Morgan fingerprint density at radius 1 is 1.14 bits per heavy atom. The SMILES string of the molecule is O=C(Cc1c(F)cc(OCCC2CC2C2CCNCC2)cc1F)N1CCCC1. The molecule has 3 aliphatic rings. The molecule has 3 fully saturated rings. The van der Waals surface area contributed by atoms with Crippen molar-refractivity contribution >= 4 is 5.91 Å². The van der Waals surface area contributed by atoms with Gasteiger partial charge in [0.25, 0.3) is 0 Å². The average Bonchev–Trinajstić information content (AvgIpc) is 3.24. The zero-order chi connectivity index (χ0) is 19.5. The van der Waals surface area contributed by atoms with E-state index in [0.717, 1.165) is 44.2 Å². The summed E-state index contributed by atoms with van der Waals surface area (Å²) in [6.07, 6.45) is 6.41. The number of nitrogens with zero attached hydrogens (tertiary/aromatic N) is 1. The largest absolute Gasteiger partial charge is 0.493 e. The number of amides is 1. The maximum absolute atomic E-state index is 14.4. The van der Waals surface area contributed by atoms with Crippen molar-refractivity contribution in [1.29, 1.82) is 0 Å². The first-order valence-electron chi connectivity index (χ1n) is 10.7. The Hall–Kier alpha value is -1.69. The second-order valence-electron chi connectivity index (χ2n) is 8.51. The molecule has 1 N–H and O–H groups in total. The zero-order valence-electron chi connectivity index (χ0n) is 16.4. The number of piperidine rings is 1. The first-order valence-corrected chi connectivity index (χ1v) is 10.7. The molecule has 2 atom stereocenters. The van der Waals surface area contributed by atoms with Gasteiger partial charge in [0, 0.05) is 30.8 Å². The Kier molecular flexibility index (Phi) is 6.14. The van der Waals surface area contributed by atoms with Gasteiger partial charge in [-0.25, -0.2) is 8.78 Å². The van der Waals surface area contributed by atoms with Crippen LogP contribution < -0.4 is 10.1 Å². The molecule has 28 heavy (non-hydrogen) atoms.